The lowest BCUT2D eigenvalue weighted by atomic mass is 9.67. The summed E-state index contributed by atoms with van der Waals surface area (Å²) in [5.74, 6) is 0.284. The number of hydrogen-bond acceptors (Lipinski definition) is 3. The molecule has 0 aromatic heterocycles. The molecule has 1 aliphatic carbocycles. The third-order valence-electron chi connectivity index (χ3n) is 4.49. The van der Waals surface area contributed by atoms with Crippen molar-refractivity contribution < 1.29 is 9.90 Å². The average molecular weight is 240 g/mol. The monoisotopic (exact) mass is 240 g/mol. The number of rotatable bonds is 5. The molecule has 2 rings (SSSR count). The Morgan fingerprint density at radius 3 is 2.71 bits per heavy atom. The topological polar surface area (TPSA) is 66.6 Å². The van der Waals surface area contributed by atoms with E-state index < -0.39 is 0 Å². The molecule has 1 saturated heterocycles. The molecule has 1 amide bonds. The van der Waals surface area contributed by atoms with Crippen molar-refractivity contribution in [1.82, 2.24) is 4.90 Å². The molecule has 0 aromatic carbocycles. The van der Waals surface area contributed by atoms with Gasteiger partial charge < -0.3 is 15.7 Å². The van der Waals surface area contributed by atoms with Gasteiger partial charge in [-0.1, -0.05) is 6.42 Å². The van der Waals surface area contributed by atoms with Crippen molar-refractivity contribution in [2.24, 2.45) is 11.1 Å². The van der Waals surface area contributed by atoms with Crippen LogP contribution in [0.15, 0.2) is 0 Å². The third-order valence-corrected chi connectivity index (χ3v) is 4.49. The SMILES string of the molecule is NCC1(C(=O)N2CCCC2CCCO)CCC1. The smallest absolute Gasteiger partial charge is 0.230 e. The lowest BCUT2D eigenvalue weighted by molar-refractivity contribution is -0.147. The highest BCUT2D eigenvalue weighted by atomic mass is 16.3. The molecule has 2 fully saturated rings. The molecule has 17 heavy (non-hydrogen) atoms. The van der Waals surface area contributed by atoms with Crippen molar-refractivity contribution >= 4 is 5.91 Å². The Hall–Kier alpha value is -0.610. The molecule has 4 nitrogen and oxygen atoms in total. The van der Waals surface area contributed by atoms with E-state index in [1.165, 1.54) is 0 Å². The maximum atomic E-state index is 12.5. The maximum absolute atomic E-state index is 12.5. The van der Waals surface area contributed by atoms with Crippen LogP contribution in [0.1, 0.15) is 44.9 Å². The van der Waals surface area contributed by atoms with E-state index in [1.807, 2.05) is 4.90 Å². The van der Waals surface area contributed by atoms with E-state index in [-0.39, 0.29) is 17.9 Å². The summed E-state index contributed by atoms with van der Waals surface area (Å²) in [6, 6.07) is 0.346. The highest BCUT2D eigenvalue weighted by Gasteiger charge is 2.47. The van der Waals surface area contributed by atoms with E-state index in [0.717, 1.165) is 51.5 Å². The minimum Gasteiger partial charge on any atom is -0.396 e. The maximum Gasteiger partial charge on any atom is 0.230 e. The molecule has 0 aromatic rings. The zero-order valence-corrected chi connectivity index (χ0v) is 10.5. The average Bonchev–Trinajstić information content (AvgIpc) is 2.73. The standard InChI is InChI=1S/C13H24N2O2/c14-10-13(6-3-7-13)12(17)15-8-1-4-11(15)5-2-9-16/h11,16H,1-10,14H2. The summed E-state index contributed by atoms with van der Waals surface area (Å²) < 4.78 is 0. The van der Waals surface area contributed by atoms with Crippen LogP contribution in [0.4, 0.5) is 0 Å². The third kappa shape index (κ3) is 2.33. The Labute approximate surface area is 103 Å². The molecule has 1 unspecified atom stereocenters. The Morgan fingerprint density at radius 2 is 2.18 bits per heavy atom. The van der Waals surface area contributed by atoms with Gasteiger partial charge in [-0.3, -0.25) is 4.79 Å². The van der Waals surface area contributed by atoms with Crippen LogP contribution in [-0.4, -0.2) is 41.7 Å². The van der Waals surface area contributed by atoms with Gasteiger partial charge in [0, 0.05) is 25.7 Å². The van der Waals surface area contributed by atoms with Crippen molar-refractivity contribution in [2.45, 2.75) is 51.0 Å². The first-order chi connectivity index (χ1) is 8.23. The molecule has 1 atom stereocenters. The van der Waals surface area contributed by atoms with Crippen molar-refractivity contribution in [2.75, 3.05) is 19.7 Å². The van der Waals surface area contributed by atoms with Gasteiger partial charge in [0.1, 0.15) is 0 Å². The van der Waals surface area contributed by atoms with Crippen molar-refractivity contribution in [1.29, 1.82) is 0 Å². The van der Waals surface area contributed by atoms with Gasteiger partial charge in [-0.25, -0.2) is 0 Å². The number of nitrogens with two attached hydrogens (primary N) is 1. The number of nitrogens with zero attached hydrogens (tertiary/aromatic N) is 1. The Morgan fingerprint density at radius 1 is 1.41 bits per heavy atom. The number of amides is 1. The predicted molar refractivity (Wildman–Crippen MR) is 66.4 cm³/mol. The van der Waals surface area contributed by atoms with Crippen LogP contribution >= 0.6 is 0 Å². The number of carbonyl (C=O) groups excluding carboxylic acids is 1. The summed E-state index contributed by atoms with van der Waals surface area (Å²) in [5, 5.41) is 8.89. The van der Waals surface area contributed by atoms with Crippen LogP contribution in [0.3, 0.4) is 0 Å². The molecule has 1 heterocycles. The van der Waals surface area contributed by atoms with E-state index >= 15 is 0 Å². The van der Waals surface area contributed by atoms with Gasteiger partial charge >= 0.3 is 0 Å². The molecule has 2 aliphatic rings. The van der Waals surface area contributed by atoms with Crippen molar-refractivity contribution in [3.63, 3.8) is 0 Å². The van der Waals surface area contributed by atoms with Crippen LogP contribution < -0.4 is 5.73 Å². The molecule has 3 N–H and O–H groups in total. The summed E-state index contributed by atoms with van der Waals surface area (Å²) in [5.41, 5.74) is 5.56. The van der Waals surface area contributed by atoms with Crippen LogP contribution in [0.5, 0.6) is 0 Å². The zero-order valence-electron chi connectivity index (χ0n) is 10.5. The van der Waals surface area contributed by atoms with Gasteiger partial charge in [-0.2, -0.15) is 0 Å². The number of aliphatic hydroxyl groups is 1. The number of aliphatic hydroxyl groups excluding tert-OH is 1. The van der Waals surface area contributed by atoms with E-state index in [1.54, 1.807) is 0 Å². The highest BCUT2D eigenvalue weighted by Crippen LogP contribution is 2.43. The summed E-state index contributed by atoms with van der Waals surface area (Å²) >= 11 is 0. The number of hydrogen-bond donors (Lipinski definition) is 2. The minimum atomic E-state index is -0.234. The first kappa shape index (κ1) is 12.8. The lowest BCUT2D eigenvalue weighted by Gasteiger charge is -2.43. The Balaban J connectivity index is 1.97. The summed E-state index contributed by atoms with van der Waals surface area (Å²) in [6.07, 6.45) is 6.98. The molecule has 4 heteroatoms. The van der Waals surface area contributed by atoms with Gasteiger partial charge in [-0.15, -0.1) is 0 Å². The van der Waals surface area contributed by atoms with Gasteiger partial charge in [0.25, 0.3) is 0 Å². The molecule has 1 aliphatic heterocycles. The molecular weight excluding hydrogens is 216 g/mol. The van der Waals surface area contributed by atoms with Crippen molar-refractivity contribution in [3.8, 4) is 0 Å². The van der Waals surface area contributed by atoms with E-state index in [4.69, 9.17) is 10.8 Å². The van der Waals surface area contributed by atoms with E-state index in [2.05, 4.69) is 0 Å². The van der Waals surface area contributed by atoms with Crippen molar-refractivity contribution in [3.05, 3.63) is 0 Å². The summed E-state index contributed by atoms with van der Waals surface area (Å²) in [6.45, 7) is 1.60. The second kappa shape index (κ2) is 5.36. The fourth-order valence-electron chi connectivity index (χ4n) is 3.14. The molecule has 98 valence electrons. The number of carbonyl (C=O) groups is 1. The van der Waals surface area contributed by atoms with E-state index in [0.29, 0.717) is 12.6 Å². The highest BCUT2D eigenvalue weighted by molar-refractivity contribution is 5.84. The lowest BCUT2D eigenvalue weighted by Crippen LogP contribution is -2.53. The Kier molecular flexibility index (Phi) is 4.05. The van der Waals surface area contributed by atoms with Crippen LogP contribution in [0.2, 0.25) is 0 Å². The van der Waals surface area contributed by atoms with Crippen LogP contribution in [-0.2, 0) is 4.79 Å². The molecular formula is C13H24N2O2. The molecule has 1 saturated carbocycles. The summed E-state index contributed by atoms with van der Waals surface area (Å²) in [7, 11) is 0. The van der Waals surface area contributed by atoms with Gasteiger partial charge in [0.2, 0.25) is 5.91 Å². The fourth-order valence-corrected chi connectivity index (χ4v) is 3.14. The first-order valence-corrected chi connectivity index (χ1v) is 6.85. The molecule has 0 spiro atoms. The van der Waals surface area contributed by atoms with Crippen LogP contribution in [0.25, 0.3) is 0 Å². The minimum absolute atomic E-state index is 0.223. The quantitative estimate of drug-likeness (QED) is 0.749. The largest absolute Gasteiger partial charge is 0.396 e. The first-order valence-electron chi connectivity index (χ1n) is 6.85. The van der Waals surface area contributed by atoms with Gasteiger partial charge in [0.05, 0.1) is 5.41 Å². The molecule has 0 bridgehead atoms. The molecule has 0 radical (unpaired) electrons. The second-order valence-electron chi connectivity index (χ2n) is 5.50. The second-order valence-corrected chi connectivity index (χ2v) is 5.50. The number of likely N-dealkylation sites (tertiary alicyclic amines) is 1. The van der Waals surface area contributed by atoms with Gasteiger partial charge in [-0.05, 0) is 38.5 Å². The zero-order chi connectivity index (χ0) is 12.3. The van der Waals surface area contributed by atoms with Crippen LogP contribution in [0, 0.1) is 5.41 Å². The summed E-state index contributed by atoms with van der Waals surface area (Å²) in [4.78, 5) is 14.6. The normalized spacial score (nSPS) is 26.9. The fraction of sp³-hybridized carbons (Fsp3) is 0.923. The van der Waals surface area contributed by atoms with Gasteiger partial charge in [0.15, 0.2) is 0 Å². The van der Waals surface area contributed by atoms with E-state index in [9.17, 15) is 4.79 Å². The predicted octanol–water partition coefficient (Wildman–Crippen LogP) is 0.879. The Bertz CT molecular complexity index is 271.